The number of esters is 1. The largest absolute Gasteiger partial charge is 0.496 e. The van der Waals surface area contributed by atoms with Gasteiger partial charge in [-0.2, -0.15) is 0 Å². The Morgan fingerprint density at radius 1 is 1.12 bits per heavy atom. The van der Waals surface area contributed by atoms with Crippen LogP contribution in [-0.4, -0.2) is 24.1 Å². The molecule has 1 unspecified atom stereocenters. The van der Waals surface area contributed by atoms with Gasteiger partial charge in [0.05, 0.1) is 7.11 Å². The van der Waals surface area contributed by atoms with Crippen LogP contribution >= 0.6 is 11.8 Å². The monoisotopic (exact) mass is 358 g/mol. The number of ether oxygens (including phenoxy) is 2. The first kappa shape index (κ1) is 19.1. The van der Waals surface area contributed by atoms with Gasteiger partial charge in [0, 0.05) is 16.0 Å². The molecule has 2 rings (SSSR count). The first-order valence-corrected chi connectivity index (χ1v) is 8.86. The molecule has 0 saturated carbocycles. The molecule has 132 valence electrons. The fourth-order valence-corrected chi connectivity index (χ4v) is 3.11. The summed E-state index contributed by atoms with van der Waals surface area (Å²) >= 11 is 1.45. The van der Waals surface area contributed by atoms with Gasteiger partial charge in [-0.3, -0.25) is 9.59 Å². The topological polar surface area (TPSA) is 52.6 Å². The van der Waals surface area contributed by atoms with E-state index in [0.717, 1.165) is 4.90 Å². The van der Waals surface area contributed by atoms with Gasteiger partial charge in [-0.05, 0) is 51.1 Å². The summed E-state index contributed by atoms with van der Waals surface area (Å²) in [7, 11) is 1.55. The number of carbonyl (C=O) groups excluding carboxylic acids is 2. The highest BCUT2D eigenvalue weighted by atomic mass is 32.2. The van der Waals surface area contributed by atoms with Crippen molar-refractivity contribution < 1.29 is 19.1 Å². The third-order valence-electron chi connectivity index (χ3n) is 3.72. The van der Waals surface area contributed by atoms with Crippen LogP contribution in [0.5, 0.6) is 5.75 Å². The van der Waals surface area contributed by atoms with Gasteiger partial charge in [-0.1, -0.05) is 17.7 Å². The van der Waals surface area contributed by atoms with Crippen LogP contribution in [-0.2, 0) is 16.1 Å². The fourth-order valence-electron chi connectivity index (χ4n) is 2.25. The average Bonchev–Trinajstić information content (AvgIpc) is 2.61. The third-order valence-corrected chi connectivity index (χ3v) is 4.81. The van der Waals surface area contributed by atoms with Crippen LogP contribution in [0.1, 0.15) is 35.3 Å². The number of methoxy groups -OCH3 is 1. The molecule has 0 fully saturated rings. The van der Waals surface area contributed by atoms with E-state index < -0.39 is 0 Å². The first-order chi connectivity index (χ1) is 11.9. The van der Waals surface area contributed by atoms with Crippen molar-refractivity contribution >= 4 is 23.5 Å². The molecule has 0 amide bonds. The smallest absolute Gasteiger partial charge is 0.319 e. The Bertz CT molecular complexity index is 753. The maximum absolute atomic E-state index is 12.3. The summed E-state index contributed by atoms with van der Waals surface area (Å²) in [5, 5.41) is -0.329. The van der Waals surface area contributed by atoms with E-state index in [0.29, 0.717) is 16.9 Å². The molecule has 4 nitrogen and oxygen atoms in total. The van der Waals surface area contributed by atoms with Crippen molar-refractivity contribution in [1.82, 2.24) is 0 Å². The number of thioether (sulfide) groups is 1. The predicted octanol–water partition coefficient (Wildman–Crippen LogP) is 4.43. The lowest BCUT2D eigenvalue weighted by Crippen LogP contribution is -2.17. The van der Waals surface area contributed by atoms with Gasteiger partial charge in [0.1, 0.15) is 17.6 Å². The normalized spacial score (nSPS) is 11.7. The minimum Gasteiger partial charge on any atom is -0.496 e. The average molecular weight is 358 g/mol. The number of Topliss-reactive ketones (excluding diaryl/α,β-unsaturated/α-hetero) is 1. The summed E-state index contributed by atoms with van der Waals surface area (Å²) in [5.41, 5.74) is 2.42. The number of ketones is 1. The second kappa shape index (κ2) is 8.72. The molecule has 0 bridgehead atoms. The number of carbonyl (C=O) groups is 2. The van der Waals surface area contributed by atoms with E-state index in [2.05, 4.69) is 0 Å². The van der Waals surface area contributed by atoms with Gasteiger partial charge in [-0.15, -0.1) is 11.8 Å². The minimum absolute atomic E-state index is 0.0430. The molecule has 0 saturated heterocycles. The van der Waals surface area contributed by atoms with Crippen molar-refractivity contribution in [3.05, 3.63) is 59.2 Å². The van der Waals surface area contributed by atoms with Crippen molar-refractivity contribution in [3.63, 3.8) is 0 Å². The number of aryl methyl sites for hydroxylation is 1. The van der Waals surface area contributed by atoms with Gasteiger partial charge in [0.15, 0.2) is 5.78 Å². The zero-order chi connectivity index (χ0) is 18.4. The molecule has 25 heavy (non-hydrogen) atoms. The van der Waals surface area contributed by atoms with Crippen LogP contribution in [0.25, 0.3) is 0 Å². The first-order valence-electron chi connectivity index (χ1n) is 7.98. The Balaban J connectivity index is 2.00. The highest BCUT2D eigenvalue weighted by Gasteiger charge is 2.17. The van der Waals surface area contributed by atoms with E-state index in [1.807, 2.05) is 38.1 Å². The molecule has 2 aromatic carbocycles. The van der Waals surface area contributed by atoms with Crippen molar-refractivity contribution in [3.8, 4) is 5.75 Å². The van der Waals surface area contributed by atoms with Crippen molar-refractivity contribution in [2.75, 3.05) is 7.11 Å². The maximum atomic E-state index is 12.3. The molecular formula is C20H22O4S. The Labute approximate surface area is 152 Å². The van der Waals surface area contributed by atoms with Crippen LogP contribution < -0.4 is 4.74 Å². The molecule has 2 aromatic rings. The highest BCUT2D eigenvalue weighted by Crippen LogP contribution is 2.26. The molecule has 0 aromatic heterocycles. The number of benzene rings is 2. The van der Waals surface area contributed by atoms with Crippen LogP contribution in [0.15, 0.2) is 47.4 Å². The van der Waals surface area contributed by atoms with Crippen molar-refractivity contribution in [1.29, 1.82) is 0 Å². The zero-order valence-corrected chi connectivity index (χ0v) is 15.7. The molecule has 0 radical (unpaired) electrons. The zero-order valence-electron chi connectivity index (χ0n) is 14.9. The van der Waals surface area contributed by atoms with Gasteiger partial charge < -0.3 is 9.47 Å². The molecule has 5 heteroatoms. The molecule has 0 aliphatic carbocycles. The Kier molecular flexibility index (Phi) is 6.65. The SMILES string of the molecule is COc1ccc(C(C)=O)cc1COC(=O)C(C)Sc1ccc(C)cc1. The number of hydrogen-bond acceptors (Lipinski definition) is 5. The lowest BCUT2D eigenvalue weighted by molar-refractivity contribution is -0.143. The van der Waals surface area contributed by atoms with Gasteiger partial charge >= 0.3 is 5.97 Å². The Hall–Kier alpha value is -2.27. The predicted molar refractivity (Wildman–Crippen MR) is 99.3 cm³/mol. The standard InChI is InChI=1S/C20H22O4S/c1-13-5-8-18(9-6-13)25-15(3)20(22)24-12-17-11-16(14(2)21)7-10-19(17)23-4/h5-11,15H,12H2,1-4H3. The molecule has 0 aliphatic rings. The maximum Gasteiger partial charge on any atom is 0.319 e. The second-order valence-corrected chi connectivity index (χ2v) is 7.18. The Morgan fingerprint density at radius 2 is 1.80 bits per heavy atom. The molecule has 0 aliphatic heterocycles. The van der Waals surface area contributed by atoms with E-state index in [9.17, 15) is 9.59 Å². The highest BCUT2D eigenvalue weighted by molar-refractivity contribution is 8.00. The summed E-state index contributed by atoms with van der Waals surface area (Å²) in [4.78, 5) is 24.8. The lowest BCUT2D eigenvalue weighted by atomic mass is 10.1. The second-order valence-electron chi connectivity index (χ2n) is 5.76. The van der Waals surface area contributed by atoms with E-state index in [-0.39, 0.29) is 23.6 Å². The van der Waals surface area contributed by atoms with E-state index >= 15 is 0 Å². The summed E-state index contributed by atoms with van der Waals surface area (Å²) in [5.74, 6) is 0.246. The molecule has 1 atom stereocenters. The van der Waals surface area contributed by atoms with Crippen molar-refractivity contribution in [2.24, 2.45) is 0 Å². The quantitative estimate of drug-likeness (QED) is 0.416. The van der Waals surface area contributed by atoms with Gasteiger partial charge in [-0.25, -0.2) is 0 Å². The van der Waals surface area contributed by atoms with E-state index in [4.69, 9.17) is 9.47 Å². The summed E-state index contributed by atoms with van der Waals surface area (Å²) in [6, 6.07) is 13.1. The fraction of sp³-hybridized carbons (Fsp3) is 0.300. The molecule has 0 spiro atoms. The van der Waals surface area contributed by atoms with Crippen LogP contribution in [0, 0.1) is 6.92 Å². The summed E-state index contributed by atoms with van der Waals surface area (Å²) in [6.07, 6.45) is 0. The van der Waals surface area contributed by atoms with Crippen molar-refractivity contribution in [2.45, 2.75) is 37.5 Å². The number of hydrogen-bond donors (Lipinski definition) is 0. The van der Waals surface area contributed by atoms with Crippen LogP contribution in [0.2, 0.25) is 0 Å². The molecule has 0 heterocycles. The number of rotatable bonds is 7. The van der Waals surface area contributed by atoms with E-state index in [1.165, 1.54) is 24.2 Å². The van der Waals surface area contributed by atoms with Crippen LogP contribution in [0.3, 0.4) is 0 Å². The summed E-state index contributed by atoms with van der Waals surface area (Å²) in [6.45, 7) is 5.41. The summed E-state index contributed by atoms with van der Waals surface area (Å²) < 4.78 is 10.7. The minimum atomic E-state index is -0.329. The van der Waals surface area contributed by atoms with Gasteiger partial charge in [0.2, 0.25) is 0 Å². The third kappa shape index (κ3) is 5.36. The molecule has 0 N–H and O–H groups in total. The Morgan fingerprint density at radius 3 is 2.40 bits per heavy atom. The lowest BCUT2D eigenvalue weighted by Gasteiger charge is -2.14. The van der Waals surface area contributed by atoms with E-state index in [1.54, 1.807) is 25.3 Å². The van der Waals surface area contributed by atoms with Gasteiger partial charge in [0.25, 0.3) is 0 Å². The molecular weight excluding hydrogens is 336 g/mol. The van der Waals surface area contributed by atoms with Crippen LogP contribution in [0.4, 0.5) is 0 Å².